The second kappa shape index (κ2) is 26.8. The van der Waals surface area contributed by atoms with Crippen molar-refractivity contribution in [3.05, 3.63) is 12.2 Å². The van der Waals surface area contributed by atoms with Crippen LogP contribution in [-0.2, 0) is 0 Å². The molecule has 0 bridgehead atoms. The average molecular weight is 421 g/mol. The van der Waals surface area contributed by atoms with Crippen molar-refractivity contribution in [3.63, 3.8) is 0 Å². The van der Waals surface area contributed by atoms with E-state index >= 15 is 0 Å². The predicted octanol–water partition coefficient (Wildman–Crippen LogP) is 11.6. The van der Waals surface area contributed by atoms with E-state index < -0.39 is 0 Å². The second-order valence-electron chi connectivity index (χ2n) is 10.1. The van der Waals surface area contributed by atoms with Crippen molar-refractivity contribution in [2.75, 3.05) is 0 Å². The quantitative estimate of drug-likeness (QED) is 0.102. The first-order valence-electron chi connectivity index (χ1n) is 14.5. The molecule has 0 aromatic rings. The summed E-state index contributed by atoms with van der Waals surface area (Å²) < 4.78 is 0. The van der Waals surface area contributed by atoms with Crippen LogP contribution in [0.2, 0.25) is 0 Å². The van der Waals surface area contributed by atoms with Crippen molar-refractivity contribution in [2.24, 2.45) is 5.92 Å². The van der Waals surface area contributed by atoms with Gasteiger partial charge in [0.15, 0.2) is 0 Å². The fourth-order valence-corrected chi connectivity index (χ4v) is 4.50. The van der Waals surface area contributed by atoms with E-state index in [1.807, 2.05) is 0 Å². The summed E-state index contributed by atoms with van der Waals surface area (Å²) in [5.41, 5.74) is 0. The minimum atomic E-state index is 0.964. The molecule has 0 heterocycles. The van der Waals surface area contributed by atoms with Gasteiger partial charge in [-0.1, -0.05) is 161 Å². The molecule has 0 saturated carbocycles. The highest BCUT2D eigenvalue weighted by atomic mass is 14.1. The predicted molar refractivity (Wildman–Crippen MR) is 140 cm³/mol. The van der Waals surface area contributed by atoms with Crippen molar-refractivity contribution in [1.29, 1.82) is 0 Å². The molecule has 0 fully saturated rings. The van der Waals surface area contributed by atoms with Gasteiger partial charge in [0.05, 0.1) is 0 Å². The number of hydrogen-bond donors (Lipinski definition) is 0. The lowest BCUT2D eigenvalue weighted by Crippen LogP contribution is -1.94. The lowest BCUT2D eigenvalue weighted by atomic mass is 9.97. The molecule has 30 heavy (non-hydrogen) atoms. The van der Waals surface area contributed by atoms with E-state index in [9.17, 15) is 0 Å². The fraction of sp³-hybridized carbons (Fsp3) is 0.933. The molecule has 0 aliphatic heterocycles. The summed E-state index contributed by atoms with van der Waals surface area (Å²) in [6.07, 6.45) is 39.3. The molecule has 0 aliphatic carbocycles. The van der Waals surface area contributed by atoms with Gasteiger partial charge in [0, 0.05) is 0 Å². The molecule has 0 aliphatic rings. The maximum absolute atomic E-state index is 2.45. The van der Waals surface area contributed by atoms with E-state index in [1.54, 1.807) is 0 Å². The summed E-state index contributed by atoms with van der Waals surface area (Å²) in [6.45, 7) is 7.05. The monoisotopic (exact) mass is 420 g/mol. The van der Waals surface area contributed by atoms with E-state index in [0.29, 0.717) is 0 Å². The van der Waals surface area contributed by atoms with Crippen LogP contribution in [0.4, 0.5) is 0 Å². The standard InChI is InChI=1S/C30H60/c1-4-6-8-9-10-11-12-13-14-15-16-17-18-19-20-21-22-23-24-25-26-27-29-30(3)28-7-5-2/h12-13,30H,4-11,14-29H2,1-3H3/b13-12+. The molecular weight excluding hydrogens is 360 g/mol. The van der Waals surface area contributed by atoms with Crippen LogP contribution in [0.5, 0.6) is 0 Å². The third-order valence-electron chi connectivity index (χ3n) is 6.76. The number of unbranched alkanes of at least 4 members (excludes halogenated alkanes) is 19. The zero-order chi connectivity index (χ0) is 22.0. The van der Waals surface area contributed by atoms with Crippen LogP contribution in [0, 0.1) is 5.92 Å². The molecule has 0 amide bonds. The van der Waals surface area contributed by atoms with Gasteiger partial charge >= 0.3 is 0 Å². The van der Waals surface area contributed by atoms with E-state index in [1.165, 1.54) is 154 Å². The highest BCUT2D eigenvalue weighted by molar-refractivity contribution is 4.81. The van der Waals surface area contributed by atoms with Crippen LogP contribution < -0.4 is 0 Å². The van der Waals surface area contributed by atoms with Crippen LogP contribution in [0.25, 0.3) is 0 Å². The normalized spacial score (nSPS) is 12.8. The van der Waals surface area contributed by atoms with E-state index in [-0.39, 0.29) is 0 Å². The molecule has 0 nitrogen and oxygen atoms in total. The minimum absolute atomic E-state index is 0.964. The van der Waals surface area contributed by atoms with Crippen molar-refractivity contribution in [2.45, 2.75) is 175 Å². The van der Waals surface area contributed by atoms with Gasteiger partial charge in [-0.2, -0.15) is 0 Å². The second-order valence-corrected chi connectivity index (χ2v) is 10.1. The lowest BCUT2D eigenvalue weighted by molar-refractivity contribution is 0.440. The minimum Gasteiger partial charge on any atom is -0.0885 e. The highest BCUT2D eigenvalue weighted by Gasteiger charge is 2.01. The van der Waals surface area contributed by atoms with Crippen molar-refractivity contribution < 1.29 is 0 Å². The summed E-state index contributed by atoms with van der Waals surface area (Å²) in [7, 11) is 0. The Morgan fingerprint density at radius 1 is 0.400 bits per heavy atom. The molecule has 1 atom stereocenters. The SMILES string of the molecule is CCCCCCC/C=C/CCCCCCCCCCCCCCCC(C)CCCC. The van der Waals surface area contributed by atoms with Gasteiger partial charge in [0.2, 0.25) is 0 Å². The molecule has 0 rings (SSSR count). The van der Waals surface area contributed by atoms with E-state index in [2.05, 4.69) is 32.9 Å². The molecule has 0 aromatic heterocycles. The number of hydrogen-bond acceptors (Lipinski definition) is 0. The van der Waals surface area contributed by atoms with E-state index in [0.717, 1.165) is 5.92 Å². The molecule has 0 aromatic carbocycles. The van der Waals surface area contributed by atoms with Gasteiger partial charge < -0.3 is 0 Å². The zero-order valence-corrected chi connectivity index (χ0v) is 21.7. The summed E-state index contributed by atoms with van der Waals surface area (Å²) >= 11 is 0. The Labute approximate surface area is 193 Å². The van der Waals surface area contributed by atoms with Crippen molar-refractivity contribution >= 4 is 0 Å². The lowest BCUT2D eigenvalue weighted by Gasteiger charge is -2.10. The third kappa shape index (κ3) is 25.8. The zero-order valence-electron chi connectivity index (χ0n) is 21.7. The van der Waals surface area contributed by atoms with Gasteiger partial charge in [-0.05, 0) is 31.6 Å². The molecule has 0 saturated heterocycles. The maximum Gasteiger partial charge on any atom is -0.0351 e. The molecular formula is C30H60. The molecule has 0 radical (unpaired) electrons. The van der Waals surface area contributed by atoms with Gasteiger partial charge in [0.25, 0.3) is 0 Å². The Hall–Kier alpha value is -0.260. The first-order chi connectivity index (χ1) is 14.8. The summed E-state index contributed by atoms with van der Waals surface area (Å²) in [5.74, 6) is 0.964. The van der Waals surface area contributed by atoms with Gasteiger partial charge in [-0.15, -0.1) is 0 Å². The highest BCUT2D eigenvalue weighted by Crippen LogP contribution is 2.17. The van der Waals surface area contributed by atoms with Gasteiger partial charge in [0.1, 0.15) is 0 Å². The van der Waals surface area contributed by atoms with Crippen LogP contribution in [0.1, 0.15) is 175 Å². The van der Waals surface area contributed by atoms with Crippen LogP contribution in [-0.4, -0.2) is 0 Å². The van der Waals surface area contributed by atoms with Crippen molar-refractivity contribution in [3.8, 4) is 0 Å². The molecule has 0 heteroatoms. The van der Waals surface area contributed by atoms with Gasteiger partial charge in [-0.3, -0.25) is 0 Å². The largest absolute Gasteiger partial charge is 0.0885 e. The third-order valence-corrected chi connectivity index (χ3v) is 6.76. The first kappa shape index (κ1) is 29.7. The summed E-state index contributed by atoms with van der Waals surface area (Å²) in [4.78, 5) is 0. The Morgan fingerprint density at radius 3 is 1.17 bits per heavy atom. The van der Waals surface area contributed by atoms with Crippen LogP contribution in [0.3, 0.4) is 0 Å². The topological polar surface area (TPSA) is 0 Å². The van der Waals surface area contributed by atoms with Crippen LogP contribution >= 0.6 is 0 Å². The first-order valence-corrected chi connectivity index (χ1v) is 14.5. The fourth-order valence-electron chi connectivity index (χ4n) is 4.50. The van der Waals surface area contributed by atoms with Crippen molar-refractivity contribution in [1.82, 2.24) is 0 Å². The smallest absolute Gasteiger partial charge is 0.0351 e. The van der Waals surface area contributed by atoms with Gasteiger partial charge in [-0.25, -0.2) is 0 Å². The number of rotatable bonds is 25. The molecule has 0 N–H and O–H groups in total. The molecule has 180 valence electrons. The Balaban J connectivity index is 3.09. The number of allylic oxidation sites excluding steroid dienone is 2. The Morgan fingerprint density at radius 2 is 0.733 bits per heavy atom. The summed E-state index contributed by atoms with van der Waals surface area (Å²) in [6, 6.07) is 0. The maximum atomic E-state index is 2.45. The van der Waals surface area contributed by atoms with E-state index in [4.69, 9.17) is 0 Å². The Bertz CT molecular complexity index is 316. The average Bonchev–Trinajstić information content (AvgIpc) is 2.75. The molecule has 0 spiro atoms. The Kier molecular flexibility index (Phi) is 26.5. The summed E-state index contributed by atoms with van der Waals surface area (Å²) in [5, 5.41) is 0. The van der Waals surface area contributed by atoms with Crippen LogP contribution in [0.15, 0.2) is 12.2 Å². The molecule has 1 unspecified atom stereocenters.